The van der Waals surface area contributed by atoms with Crippen LogP contribution in [-0.4, -0.2) is 19.8 Å². The van der Waals surface area contributed by atoms with E-state index in [1.165, 1.54) is 19.1 Å². The Hall–Kier alpha value is -1.07. The van der Waals surface area contributed by atoms with E-state index in [0.29, 0.717) is 25.3 Å². The van der Waals surface area contributed by atoms with Crippen LogP contribution in [0.25, 0.3) is 0 Å². The van der Waals surface area contributed by atoms with Gasteiger partial charge < -0.3 is 10.1 Å². The number of aryl methyl sites for hydroxylation is 1. The van der Waals surface area contributed by atoms with Crippen molar-refractivity contribution in [1.29, 1.82) is 0 Å². The van der Waals surface area contributed by atoms with Crippen LogP contribution in [0.2, 0.25) is 0 Å². The third kappa shape index (κ3) is 2.79. The van der Waals surface area contributed by atoms with Crippen LogP contribution in [-0.2, 0) is 10.9 Å². The largest absolute Gasteiger partial charge is 0.416 e. The van der Waals surface area contributed by atoms with Gasteiger partial charge in [0.15, 0.2) is 0 Å². The second-order valence-electron chi connectivity index (χ2n) is 4.15. The molecular weight excluding hydrogens is 231 g/mol. The van der Waals surface area contributed by atoms with E-state index in [4.69, 9.17) is 4.74 Å². The summed E-state index contributed by atoms with van der Waals surface area (Å²) in [6.07, 6.45) is -4.30. The molecule has 2 nitrogen and oxygen atoms in total. The summed E-state index contributed by atoms with van der Waals surface area (Å²) in [5, 5.41) is 3.14. The van der Waals surface area contributed by atoms with Gasteiger partial charge in [-0.2, -0.15) is 13.2 Å². The van der Waals surface area contributed by atoms with Crippen LogP contribution < -0.4 is 5.32 Å². The normalized spacial score (nSPS) is 21.5. The van der Waals surface area contributed by atoms with E-state index in [2.05, 4.69) is 5.32 Å². The van der Waals surface area contributed by atoms with Crippen molar-refractivity contribution in [2.45, 2.75) is 19.1 Å². The maximum Gasteiger partial charge on any atom is 0.416 e. The zero-order chi connectivity index (χ0) is 12.5. The zero-order valence-electron chi connectivity index (χ0n) is 9.47. The molecule has 1 heterocycles. The van der Waals surface area contributed by atoms with Gasteiger partial charge >= 0.3 is 6.18 Å². The van der Waals surface area contributed by atoms with Gasteiger partial charge in [-0.15, -0.1) is 0 Å². The summed E-state index contributed by atoms with van der Waals surface area (Å²) in [6, 6.07) is 4.29. The van der Waals surface area contributed by atoms with Gasteiger partial charge in [0.25, 0.3) is 0 Å². The minimum absolute atomic E-state index is 0.148. The number of ether oxygens (including phenoxy) is 1. The summed E-state index contributed by atoms with van der Waals surface area (Å²) in [5.41, 5.74) is 0.308. The number of morpholine rings is 1. The number of benzene rings is 1. The maximum absolute atomic E-state index is 12.7. The molecule has 0 bridgehead atoms. The van der Waals surface area contributed by atoms with Crippen LogP contribution in [0, 0.1) is 6.92 Å². The van der Waals surface area contributed by atoms with Crippen LogP contribution >= 0.6 is 0 Å². The van der Waals surface area contributed by atoms with Crippen molar-refractivity contribution >= 4 is 0 Å². The van der Waals surface area contributed by atoms with E-state index < -0.39 is 11.7 Å². The predicted octanol–water partition coefficient (Wildman–Crippen LogP) is 2.67. The molecule has 1 atom stereocenters. The molecule has 0 aromatic heterocycles. The topological polar surface area (TPSA) is 21.3 Å². The third-order valence-electron chi connectivity index (χ3n) is 2.89. The highest BCUT2D eigenvalue weighted by Gasteiger charge is 2.33. The van der Waals surface area contributed by atoms with E-state index >= 15 is 0 Å². The quantitative estimate of drug-likeness (QED) is 0.821. The average molecular weight is 245 g/mol. The first-order valence-electron chi connectivity index (χ1n) is 5.47. The van der Waals surface area contributed by atoms with Crippen LogP contribution in [0.4, 0.5) is 13.2 Å². The molecular formula is C12H14F3NO. The molecule has 1 unspecified atom stereocenters. The fraction of sp³-hybridized carbons (Fsp3) is 0.500. The summed E-state index contributed by atoms with van der Waals surface area (Å²) in [5.74, 6) is 0. The van der Waals surface area contributed by atoms with Gasteiger partial charge in [0.1, 0.15) is 0 Å². The van der Waals surface area contributed by atoms with Crippen LogP contribution in [0.3, 0.4) is 0 Å². The summed E-state index contributed by atoms with van der Waals surface area (Å²) in [7, 11) is 0. The van der Waals surface area contributed by atoms with Gasteiger partial charge in [0.2, 0.25) is 0 Å². The number of alkyl halides is 3. The van der Waals surface area contributed by atoms with Gasteiger partial charge in [0.05, 0.1) is 24.8 Å². The van der Waals surface area contributed by atoms with Gasteiger partial charge in [-0.05, 0) is 24.1 Å². The van der Waals surface area contributed by atoms with E-state index in [9.17, 15) is 13.2 Å². The lowest BCUT2D eigenvalue weighted by Crippen LogP contribution is -2.34. The average Bonchev–Trinajstić information content (AvgIpc) is 2.29. The molecule has 0 amide bonds. The second kappa shape index (κ2) is 4.66. The Kier molecular flexibility index (Phi) is 3.40. The summed E-state index contributed by atoms with van der Waals surface area (Å²) in [6.45, 7) is 3.16. The standard InChI is InChI=1S/C12H14F3NO/c1-8-2-3-9(6-10(8)12(13,14)15)11-7-17-5-4-16-11/h2-3,6,11,16H,4-5,7H2,1H3. The molecule has 1 aliphatic heterocycles. The molecule has 2 rings (SSSR count). The van der Waals surface area contributed by atoms with Crippen molar-refractivity contribution in [3.05, 3.63) is 34.9 Å². The van der Waals surface area contributed by atoms with E-state index in [1.54, 1.807) is 6.07 Å². The first-order chi connectivity index (χ1) is 7.98. The molecule has 1 fully saturated rings. The molecule has 17 heavy (non-hydrogen) atoms. The number of hydrogen-bond acceptors (Lipinski definition) is 2. The lowest BCUT2D eigenvalue weighted by Gasteiger charge is -2.25. The summed E-state index contributed by atoms with van der Waals surface area (Å²) >= 11 is 0. The van der Waals surface area contributed by atoms with Gasteiger partial charge in [-0.3, -0.25) is 0 Å². The predicted molar refractivity (Wildman–Crippen MR) is 57.7 cm³/mol. The molecule has 0 saturated carbocycles. The molecule has 94 valence electrons. The lowest BCUT2D eigenvalue weighted by atomic mass is 10.00. The van der Waals surface area contributed by atoms with Crippen LogP contribution in [0.15, 0.2) is 18.2 Å². The summed E-state index contributed by atoms with van der Waals surface area (Å²) < 4.78 is 43.5. The molecule has 0 radical (unpaired) electrons. The van der Waals surface area contributed by atoms with Gasteiger partial charge in [-0.1, -0.05) is 12.1 Å². The molecule has 0 spiro atoms. The number of hydrogen-bond donors (Lipinski definition) is 1. The Morgan fingerprint density at radius 2 is 2.12 bits per heavy atom. The Morgan fingerprint density at radius 3 is 2.71 bits per heavy atom. The summed E-state index contributed by atoms with van der Waals surface area (Å²) in [4.78, 5) is 0. The van der Waals surface area contributed by atoms with Crippen molar-refractivity contribution in [2.75, 3.05) is 19.8 Å². The van der Waals surface area contributed by atoms with Crippen molar-refractivity contribution in [3.8, 4) is 0 Å². The first kappa shape index (κ1) is 12.4. The third-order valence-corrected chi connectivity index (χ3v) is 2.89. The minimum Gasteiger partial charge on any atom is -0.378 e. The SMILES string of the molecule is Cc1ccc(C2COCCN2)cc1C(F)(F)F. The molecule has 1 aliphatic rings. The second-order valence-corrected chi connectivity index (χ2v) is 4.15. The molecule has 1 N–H and O–H groups in total. The molecule has 5 heteroatoms. The minimum atomic E-state index is -4.30. The van der Waals surface area contributed by atoms with Gasteiger partial charge in [-0.25, -0.2) is 0 Å². The Labute approximate surface area is 97.8 Å². The van der Waals surface area contributed by atoms with E-state index in [-0.39, 0.29) is 11.6 Å². The first-order valence-corrected chi connectivity index (χ1v) is 5.47. The fourth-order valence-electron chi connectivity index (χ4n) is 1.94. The monoisotopic (exact) mass is 245 g/mol. The molecule has 1 aromatic rings. The Bertz CT molecular complexity index is 397. The molecule has 1 aromatic carbocycles. The van der Waals surface area contributed by atoms with E-state index in [1.807, 2.05) is 0 Å². The lowest BCUT2D eigenvalue weighted by molar-refractivity contribution is -0.138. The molecule has 0 aliphatic carbocycles. The van der Waals surface area contributed by atoms with Crippen LogP contribution in [0.1, 0.15) is 22.7 Å². The Balaban J connectivity index is 2.30. The van der Waals surface area contributed by atoms with Crippen molar-refractivity contribution in [2.24, 2.45) is 0 Å². The fourth-order valence-corrected chi connectivity index (χ4v) is 1.94. The van der Waals surface area contributed by atoms with Gasteiger partial charge in [0, 0.05) is 6.54 Å². The number of rotatable bonds is 1. The molecule has 1 saturated heterocycles. The highest BCUT2D eigenvalue weighted by atomic mass is 19.4. The van der Waals surface area contributed by atoms with Crippen molar-refractivity contribution < 1.29 is 17.9 Å². The van der Waals surface area contributed by atoms with Crippen molar-refractivity contribution in [1.82, 2.24) is 5.32 Å². The number of halogens is 3. The number of nitrogens with one attached hydrogen (secondary N) is 1. The van der Waals surface area contributed by atoms with Crippen LogP contribution in [0.5, 0.6) is 0 Å². The van der Waals surface area contributed by atoms with E-state index in [0.717, 1.165) is 0 Å². The Morgan fingerprint density at radius 1 is 1.35 bits per heavy atom. The van der Waals surface area contributed by atoms with Crippen molar-refractivity contribution in [3.63, 3.8) is 0 Å². The highest BCUT2D eigenvalue weighted by Crippen LogP contribution is 2.33. The smallest absolute Gasteiger partial charge is 0.378 e. The highest BCUT2D eigenvalue weighted by molar-refractivity contribution is 5.34. The zero-order valence-corrected chi connectivity index (χ0v) is 9.47. The maximum atomic E-state index is 12.7.